The fourth-order valence-corrected chi connectivity index (χ4v) is 4.75. The van der Waals surface area contributed by atoms with Crippen LogP contribution >= 0.6 is 0 Å². The Bertz CT molecular complexity index is 681. The normalized spacial score (nSPS) is 27.3. The average Bonchev–Trinajstić information content (AvgIpc) is 3.10. The number of carbonyl (C=O) groups excluding carboxylic acids is 2. The number of amides is 2. The first kappa shape index (κ1) is 17.5. The Morgan fingerprint density at radius 1 is 1.12 bits per heavy atom. The summed E-state index contributed by atoms with van der Waals surface area (Å²) in [5.41, 5.74) is 1.50. The lowest BCUT2D eigenvalue weighted by molar-refractivity contribution is -0.150. The largest absolute Gasteiger partial charge is 0.381 e. The molecule has 4 rings (SSSR count). The Kier molecular flexibility index (Phi) is 4.74. The summed E-state index contributed by atoms with van der Waals surface area (Å²) in [4.78, 5) is 30.2. The molecule has 0 aliphatic carbocycles. The summed E-state index contributed by atoms with van der Waals surface area (Å²) in [5, 5.41) is 0. The monoisotopic (exact) mass is 356 g/mol. The number of aryl methyl sites for hydroxylation is 1. The molecule has 3 fully saturated rings. The number of likely N-dealkylation sites (tertiary alicyclic amines) is 2. The van der Waals surface area contributed by atoms with Gasteiger partial charge in [0.1, 0.15) is 0 Å². The maximum Gasteiger partial charge on any atom is 0.253 e. The molecule has 3 heterocycles. The van der Waals surface area contributed by atoms with Crippen molar-refractivity contribution in [1.82, 2.24) is 9.80 Å². The van der Waals surface area contributed by atoms with Crippen molar-refractivity contribution in [2.45, 2.75) is 45.1 Å². The molecule has 0 unspecified atom stereocenters. The number of hydrogen-bond acceptors (Lipinski definition) is 3. The number of piperidine rings is 1. The molecule has 2 amide bonds. The van der Waals surface area contributed by atoms with Gasteiger partial charge in [0.15, 0.2) is 0 Å². The SMILES string of the molecule is Cc1ccc(C(=O)N2CC[C@@]3(CCCN(C4CCOCC4)C3=O)C2)cc1. The predicted octanol–water partition coefficient (Wildman–Crippen LogP) is 2.63. The fourth-order valence-electron chi connectivity index (χ4n) is 4.75. The fraction of sp³-hybridized carbons (Fsp3) is 0.619. The van der Waals surface area contributed by atoms with Crippen molar-refractivity contribution in [1.29, 1.82) is 0 Å². The first-order valence-electron chi connectivity index (χ1n) is 9.84. The van der Waals surface area contributed by atoms with E-state index in [0.29, 0.717) is 19.1 Å². The van der Waals surface area contributed by atoms with Gasteiger partial charge in [-0.15, -0.1) is 0 Å². The summed E-state index contributed by atoms with van der Waals surface area (Å²) >= 11 is 0. The molecule has 1 aromatic rings. The van der Waals surface area contributed by atoms with E-state index in [9.17, 15) is 9.59 Å². The zero-order chi connectivity index (χ0) is 18.1. The van der Waals surface area contributed by atoms with E-state index in [4.69, 9.17) is 4.74 Å². The second kappa shape index (κ2) is 7.03. The molecule has 1 spiro atoms. The minimum absolute atomic E-state index is 0.0536. The molecule has 5 nitrogen and oxygen atoms in total. The van der Waals surface area contributed by atoms with E-state index in [1.54, 1.807) is 0 Å². The van der Waals surface area contributed by atoms with Crippen LogP contribution in [-0.2, 0) is 9.53 Å². The number of hydrogen-bond donors (Lipinski definition) is 0. The third-order valence-corrected chi connectivity index (χ3v) is 6.34. The molecule has 0 bridgehead atoms. The number of benzene rings is 1. The van der Waals surface area contributed by atoms with Crippen molar-refractivity contribution >= 4 is 11.8 Å². The zero-order valence-corrected chi connectivity index (χ0v) is 15.6. The second-order valence-electron chi connectivity index (χ2n) is 8.07. The molecular weight excluding hydrogens is 328 g/mol. The summed E-state index contributed by atoms with van der Waals surface area (Å²) in [7, 11) is 0. The Hall–Kier alpha value is -1.88. The summed E-state index contributed by atoms with van der Waals surface area (Å²) < 4.78 is 5.46. The molecule has 3 aliphatic rings. The molecule has 1 atom stereocenters. The van der Waals surface area contributed by atoms with Gasteiger partial charge in [0.05, 0.1) is 5.41 Å². The first-order chi connectivity index (χ1) is 12.6. The molecule has 5 heteroatoms. The van der Waals surface area contributed by atoms with Crippen LogP contribution in [0.15, 0.2) is 24.3 Å². The van der Waals surface area contributed by atoms with Crippen LogP contribution < -0.4 is 0 Å². The van der Waals surface area contributed by atoms with Crippen LogP contribution in [0.1, 0.15) is 48.0 Å². The molecule has 3 saturated heterocycles. The van der Waals surface area contributed by atoms with Crippen molar-refractivity contribution in [2.24, 2.45) is 5.41 Å². The Morgan fingerprint density at radius 2 is 1.85 bits per heavy atom. The van der Waals surface area contributed by atoms with Crippen LogP contribution in [0.4, 0.5) is 0 Å². The number of rotatable bonds is 2. The summed E-state index contributed by atoms with van der Waals surface area (Å²) in [5.74, 6) is 0.327. The average molecular weight is 356 g/mol. The zero-order valence-electron chi connectivity index (χ0n) is 15.6. The molecule has 140 valence electrons. The van der Waals surface area contributed by atoms with E-state index >= 15 is 0 Å². The predicted molar refractivity (Wildman–Crippen MR) is 98.9 cm³/mol. The van der Waals surface area contributed by atoms with Gasteiger partial charge in [0, 0.05) is 44.5 Å². The molecule has 0 saturated carbocycles. The van der Waals surface area contributed by atoms with Crippen LogP contribution in [0.3, 0.4) is 0 Å². The Labute approximate surface area is 155 Å². The highest BCUT2D eigenvalue weighted by Gasteiger charge is 2.50. The molecule has 26 heavy (non-hydrogen) atoms. The van der Waals surface area contributed by atoms with E-state index in [0.717, 1.165) is 63.0 Å². The quantitative estimate of drug-likeness (QED) is 0.818. The lowest BCUT2D eigenvalue weighted by atomic mass is 9.77. The van der Waals surface area contributed by atoms with Crippen LogP contribution in [0.25, 0.3) is 0 Å². The van der Waals surface area contributed by atoms with E-state index in [-0.39, 0.29) is 17.2 Å². The van der Waals surface area contributed by atoms with Crippen molar-refractivity contribution in [3.63, 3.8) is 0 Å². The van der Waals surface area contributed by atoms with Crippen LogP contribution in [-0.4, -0.2) is 60.5 Å². The highest BCUT2D eigenvalue weighted by Crippen LogP contribution is 2.41. The van der Waals surface area contributed by atoms with Crippen molar-refractivity contribution in [3.05, 3.63) is 35.4 Å². The van der Waals surface area contributed by atoms with E-state index in [1.807, 2.05) is 36.1 Å². The first-order valence-corrected chi connectivity index (χ1v) is 9.84. The summed E-state index contributed by atoms with van der Waals surface area (Å²) in [6.45, 7) is 5.62. The Morgan fingerprint density at radius 3 is 2.58 bits per heavy atom. The summed E-state index contributed by atoms with van der Waals surface area (Å²) in [6.07, 6.45) is 4.61. The van der Waals surface area contributed by atoms with Gasteiger partial charge in [-0.3, -0.25) is 9.59 Å². The number of nitrogens with zero attached hydrogens (tertiary/aromatic N) is 2. The maximum atomic E-state index is 13.3. The second-order valence-corrected chi connectivity index (χ2v) is 8.07. The van der Waals surface area contributed by atoms with Gasteiger partial charge < -0.3 is 14.5 Å². The minimum atomic E-state index is -0.364. The van der Waals surface area contributed by atoms with Gasteiger partial charge in [-0.05, 0) is 51.2 Å². The van der Waals surface area contributed by atoms with Crippen molar-refractivity contribution in [3.8, 4) is 0 Å². The lowest BCUT2D eigenvalue weighted by Gasteiger charge is -2.44. The van der Waals surface area contributed by atoms with Gasteiger partial charge in [0.2, 0.25) is 5.91 Å². The van der Waals surface area contributed by atoms with Gasteiger partial charge in [-0.1, -0.05) is 17.7 Å². The number of ether oxygens (including phenoxy) is 1. The van der Waals surface area contributed by atoms with Crippen LogP contribution in [0, 0.1) is 12.3 Å². The molecule has 0 aromatic heterocycles. The Balaban J connectivity index is 1.48. The van der Waals surface area contributed by atoms with Crippen LogP contribution in [0.5, 0.6) is 0 Å². The van der Waals surface area contributed by atoms with Crippen molar-refractivity contribution < 1.29 is 14.3 Å². The van der Waals surface area contributed by atoms with Crippen molar-refractivity contribution in [2.75, 3.05) is 32.8 Å². The third-order valence-electron chi connectivity index (χ3n) is 6.34. The maximum absolute atomic E-state index is 13.3. The van der Waals surface area contributed by atoms with E-state index in [1.165, 1.54) is 0 Å². The third kappa shape index (κ3) is 3.13. The molecule has 1 aromatic carbocycles. The smallest absolute Gasteiger partial charge is 0.253 e. The highest BCUT2D eigenvalue weighted by molar-refractivity contribution is 5.95. The molecule has 3 aliphatic heterocycles. The van der Waals surface area contributed by atoms with Gasteiger partial charge in [-0.25, -0.2) is 0 Å². The van der Waals surface area contributed by atoms with Gasteiger partial charge >= 0.3 is 0 Å². The van der Waals surface area contributed by atoms with Crippen LogP contribution in [0.2, 0.25) is 0 Å². The van der Waals surface area contributed by atoms with Gasteiger partial charge in [-0.2, -0.15) is 0 Å². The van der Waals surface area contributed by atoms with E-state index < -0.39 is 0 Å². The standard InChI is InChI=1S/C21H28N2O3/c1-16-3-5-17(6-4-16)19(24)22-12-10-21(15-22)9-2-11-23(20(21)25)18-7-13-26-14-8-18/h3-6,18H,2,7-15H2,1H3/t21-/m0/s1. The topological polar surface area (TPSA) is 49.9 Å². The highest BCUT2D eigenvalue weighted by atomic mass is 16.5. The molecular formula is C21H28N2O3. The lowest BCUT2D eigenvalue weighted by Crippen LogP contribution is -2.55. The minimum Gasteiger partial charge on any atom is -0.381 e. The number of carbonyl (C=O) groups is 2. The van der Waals surface area contributed by atoms with Gasteiger partial charge in [0.25, 0.3) is 5.91 Å². The van der Waals surface area contributed by atoms with E-state index in [2.05, 4.69) is 4.90 Å². The molecule has 0 radical (unpaired) electrons. The summed E-state index contributed by atoms with van der Waals surface area (Å²) in [6, 6.07) is 8.03. The molecule has 0 N–H and O–H groups in total.